The van der Waals surface area contributed by atoms with Crippen molar-refractivity contribution in [1.82, 2.24) is 19.2 Å². The van der Waals surface area contributed by atoms with Gasteiger partial charge in [-0.05, 0) is 48.5 Å². The molecule has 7 nitrogen and oxygen atoms in total. The van der Waals surface area contributed by atoms with Gasteiger partial charge in [-0.1, -0.05) is 29.8 Å². The van der Waals surface area contributed by atoms with Crippen LogP contribution in [0.2, 0.25) is 5.02 Å². The summed E-state index contributed by atoms with van der Waals surface area (Å²) in [4.78, 5) is 24.4. The summed E-state index contributed by atoms with van der Waals surface area (Å²) in [5.41, 5.74) is 2.56. The Kier molecular flexibility index (Phi) is 6.03. The van der Waals surface area contributed by atoms with Crippen molar-refractivity contribution in [3.63, 3.8) is 0 Å². The number of halogens is 1. The zero-order valence-corrected chi connectivity index (χ0v) is 19.7. The number of carbonyl (C=O) groups is 1. The number of nitrogens with zero attached hydrogens (tertiary/aromatic N) is 4. The van der Waals surface area contributed by atoms with E-state index in [2.05, 4.69) is 4.98 Å². The number of hydrogen-bond acceptors (Lipinski definition) is 5. The van der Waals surface area contributed by atoms with E-state index in [1.54, 1.807) is 71.9 Å². The summed E-state index contributed by atoms with van der Waals surface area (Å²) in [5, 5.41) is 1.17. The van der Waals surface area contributed by atoms with Gasteiger partial charge in [0, 0.05) is 54.5 Å². The van der Waals surface area contributed by atoms with Crippen molar-refractivity contribution in [2.24, 2.45) is 0 Å². The second kappa shape index (κ2) is 9.13. The lowest BCUT2D eigenvalue weighted by Crippen LogP contribution is -2.50. The molecule has 1 amide bonds. The molecule has 3 heterocycles. The lowest BCUT2D eigenvalue weighted by atomic mass is 10.0. The van der Waals surface area contributed by atoms with Crippen LogP contribution in [0.3, 0.4) is 0 Å². The number of pyridine rings is 2. The van der Waals surface area contributed by atoms with E-state index in [1.165, 1.54) is 4.31 Å². The molecule has 0 unspecified atom stereocenters. The number of carbonyl (C=O) groups excluding carboxylic acids is 1. The van der Waals surface area contributed by atoms with Crippen LogP contribution in [0.5, 0.6) is 0 Å². The van der Waals surface area contributed by atoms with E-state index in [4.69, 9.17) is 16.6 Å². The van der Waals surface area contributed by atoms with Gasteiger partial charge >= 0.3 is 0 Å². The predicted molar refractivity (Wildman–Crippen MR) is 131 cm³/mol. The van der Waals surface area contributed by atoms with E-state index in [0.29, 0.717) is 27.2 Å². The van der Waals surface area contributed by atoms with Crippen molar-refractivity contribution in [1.29, 1.82) is 0 Å². The first-order valence-electron chi connectivity index (χ1n) is 10.8. The lowest BCUT2D eigenvalue weighted by molar-refractivity contribution is 0.0700. The Hall–Kier alpha value is -3.33. The standard InChI is InChI=1S/C25H21ClN4O3S/c26-19-8-9-23-21(15-19)22(16-24(28-23)18-5-4-10-27-17-18)25(31)29-11-13-30(14-12-29)34(32,33)20-6-2-1-3-7-20/h1-10,15-17H,11-14H2. The molecule has 5 rings (SSSR count). The molecule has 4 aromatic rings. The Labute approximate surface area is 202 Å². The van der Waals surface area contributed by atoms with Crippen LogP contribution in [0.15, 0.2) is 84.0 Å². The van der Waals surface area contributed by atoms with Gasteiger partial charge in [0.05, 0.1) is 21.7 Å². The molecule has 0 aliphatic carbocycles. The van der Waals surface area contributed by atoms with Gasteiger partial charge in [-0.15, -0.1) is 0 Å². The first-order chi connectivity index (χ1) is 16.4. The number of piperazine rings is 1. The summed E-state index contributed by atoms with van der Waals surface area (Å²) in [6.07, 6.45) is 3.38. The van der Waals surface area contributed by atoms with Crippen LogP contribution in [0.4, 0.5) is 0 Å². The van der Waals surface area contributed by atoms with E-state index in [-0.39, 0.29) is 37.0 Å². The van der Waals surface area contributed by atoms with Gasteiger partial charge in [0.15, 0.2) is 0 Å². The third-order valence-electron chi connectivity index (χ3n) is 5.87. The van der Waals surface area contributed by atoms with Crippen molar-refractivity contribution in [3.05, 3.63) is 89.7 Å². The number of benzene rings is 2. The van der Waals surface area contributed by atoms with Gasteiger partial charge < -0.3 is 4.90 Å². The SMILES string of the molecule is O=C(c1cc(-c2cccnc2)nc2ccc(Cl)cc12)N1CCN(S(=O)(=O)c2ccccc2)CC1. The number of rotatable bonds is 4. The van der Waals surface area contributed by atoms with Gasteiger partial charge in [0.1, 0.15) is 0 Å². The fraction of sp³-hybridized carbons (Fsp3) is 0.160. The highest BCUT2D eigenvalue weighted by atomic mass is 35.5. The first-order valence-corrected chi connectivity index (χ1v) is 12.6. The average molecular weight is 493 g/mol. The minimum atomic E-state index is -3.60. The third kappa shape index (κ3) is 4.27. The molecule has 9 heteroatoms. The van der Waals surface area contributed by atoms with Gasteiger partial charge in [-0.2, -0.15) is 4.31 Å². The molecule has 1 aliphatic heterocycles. The number of fused-ring (bicyclic) bond motifs is 1. The van der Waals surface area contributed by atoms with Gasteiger partial charge in [-0.25, -0.2) is 13.4 Å². The molecule has 1 aliphatic rings. The van der Waals surface area contributed by atoms with E-state index in [9.17, 15) is 13.2 Å². The molecule has 2 aromatic carbocycles. The number of hydrogen-bond donors (Lipinski definition) is 0. The molecule has 1 saturated heterocycles. The molecule has 0 bridgehead atoms. The third-order valence-corrected chi connectivity index (χ3v) is 8.01. The topological polar surface area (TPSA) is 83.5 Å². The predicted octanol–water partition coefficient (Wildman–Crippen LogP) is 4.10. The second-order valence-corrected chi connectivity index (χ2v) is 10.3. The molecule has 2 aromatic heterocycles. The molecule has 172 valence electrons. The van der Waals surface area contributed by atoms with E-state index < -0.39 is 10.0 Å². The van der Waals surface area contributed by atoms with E-state index in [1.807, 2.05) is 12.1 Å². The van der Waals surface area contributed by atoms with E-state index >= 15 is 0 Å². The maximum atomic E-state index is 13.6. The number of sulfonamides is 1. The molecular weight excluding hydrogens is 472 g/mol. The minimum absolute atomic E-state index is 0.184. The molecule has 0 N–H and O–H groups in total. The zero-order chi connectivity index (χ0) is 23.7. The highest BCUT2D eigenvalue weighted by Crippen LogP contribution is 2.28. The van der Waals surface area contributed by atoms with Crippen LogP contribution < -0.4 is 0 Å². The van der Waals surface area contributed by atoms with E-state index in [0.717, 1.165) is 5.56 Å². The average Bonchev–Trinajstić information content (AvgIpc) is 2.89. The fourth-order valence-electron chi connectivity index (χ4n) is 4.08. The Morgan fingerprint density at radius 1 is 0.912 bits per heavy atom. The van der Waals surface area contributed by atoms with Crippen LogP contribution >= 0.6 is 11.6 Å². The van der Waals surface area contributed by atoms with Crippen molar-refractivity contribution in [3.8, 4) is 11.3 Å². The summed E-state index contributed by atoms with van der Waals surface area (Å²) in [6.45, 7) is 1.03. The zero-order valence-electron chi connectivity index (χ0n) is 18.1. The maximum absolute atomic E-state index is 13.6. The molecule has 0 spiro atoms. The highest BCUT2D eigenvalue weighted by Gasteiger charge is 2.31. The molecular formula is C25H21ClN4O3S. The summed E-state index contributed by atoms with van der Waals surface area (Å²) in [6, 6.07) is 19.1. The van der Waals surface area contributed by atoms with Gasteiger partial charge in [-0.3, -0.25) is 9.78 Å². The fourth-order valence-corrected chi connectivity index (χ4v) is 5.70. The Morgan fingerprint density at radius 3 is 2.38 bits per heavy atom. The Bertz CT molecular complexity index is 1460. The van der Waals surface area contributed by atoms with Gasteiger partial charge in [0.25, 0.3) is 5.91 Å². The molecule has 34 heavy (non-hydrogen) atoms. The van der Waals surface area contributed by atoms with Crippen molar-refractivity contribution in [2.45, 2.75) is 4.90 Å². The smallest absolute Gasteiger partial charge is 0.254 e. The monoisotopic (exact) mass is 492 g/mol. The highest BCUT2D eigenvalue weighted by molar-refractivity contribution is 7.89. The minimum Gasteiger partial charge on any atom is -0.336 e. The second-order valence-electron chi connectivity index (χ2n) is 7.97. The number of amides is 1. The summed E-state index contributed by atoms with van der Waals surface area (Å²) in [5.74, 6) is -0.184. The van der Waals surface area contributed by atoms with Crippen molar-refractivity contribution >= 4 is 38.4 Å². The lowest BCUT2D eigenvalue weighted by Gasteiger charge is -2.34. The first kappa shape index (κ1) is 22.5. The van der Waals surface area contributed by atoms with Crippen LogP contribution in [0.25, 0.3) is 22.2 Å². The number of aromatic nitrogens is 2. The summed E-state index contributed by atoms with van der Waals surface area (Å²) < 4.78 is 27.3. The molecule has 0 saturated carbocycles. The normalized spacial score (nSPS) is 14.9. The van der Waals surface area contributed by atoms with Gasteiger partial charge in [0.2, 0.25) is 10.0 Å². The Morgan fingerprint density at radius 2 is 1.68 bits per heavy atom. The largest absolute Gasteiger partial charge is 0.336 e. The van der Waals surface area contributed by atoms with Crippen LogP contribution in [-0.2, 0) is 10.0 Å². The molecule has 1 fully saturated rings. The maximum Gasteiger partial charge on any atom is 0.254 e. The van der Waals surface area contributed by atoms with Crippen LogP contribution in [-0.4, -0.2) is 59.7 Å². The summed E-state index contributed by atoms with van der Waals surface area (Å²) in [7, 11) is -3.60. The van der Waals surface area contributed by atoms with Crippen LogP contribution in [0, 0.1) is 0 Å². The van der Waals surface area contributed by atoms with Crippen molar-refractivity contribution < 1.29 is 13.2 Å². The molecule has 0 radical (unpaired) electrons. The summed E-state index contributed by atoms with van der Waals surface area (Å²) >= 11 is 6.23. The quantitative estimate of drug-likeness (QED) is 0.428. The molecule has 0 atom stereocenters. The Balaban J connectivity index is 1.44. The van der Waals surface area contributed by atoms with Crippen LogP contribution in [0.1, 0.15) is 10.4 Å². The van der Waals surface area contributed by atoms with Crippen molar-refractivity contribution in [2.75, 3.05) is 26.2 Å².